The Morgan fingerprint density at radius 3 is 2.84 bits per heavy atom. The van der Waals surface area contributed by atoms with Gasteiger partial charge in [-0.15, -0.1) is 0 Å². The lowest BCUT2D eigenvalue weighted by Crippen LogP contribution is -2.31. The van der Waals surface area contributed by atoms with Crippen LogP contribution in [0.3, 0.4) is 0 Å². The van der Waals surface area contributed by atoms with Gasteiger partial charge in [0.15, 0.2) is 0 Å². The molecule has 0 aliphatic carbocycles. The van der Waals surface area contributed by atoms with Crippen molar-refractivity contribution in [2.45, 2.75) is 25.3 Å². The molecule has 1 aliphatic heterocycles. The lowest BCUT2D eigenvalue weighted by Gasteiger charge is -2.17. The van der Waals surface area contributed by atoms with Gasteiger partial charge in [0.1, 0.15) is 5.82 Å². The number of H-pyrrole nitrogens is 1. The lowest BCUT2D eigenvalue weighted by molar-refractivity contribution is -0.130. The molecule has 1 amide bonds. The van der Waals surface area contributed by atoms with E-state index in [1.165, 1.54) is 0 Å². The van der Waals surface area contributed by atoms with Crippen molar-refractivity contribution in [1.82, 2.24) is 14.9 Å². The zero-order valence-electron chi connectivity index (χ0n) is 10.8. The number of rotatable bonds is 3. The standard InChI is InChI=1S/C14H18N4O/c15-10(9-13(19)18-7-3-4-8-18)14-16-11-5-1-2-6-12(11)17-14/h1-2,5-6,10H,3-4,7-9,15H2,(H,16,17). The molecule has 1 fully saturated rings. The maximum Gasteiger partial charge on any atom is 0.224 e. The maximum absolute atomic E-state index is 12.0. The molecule has 1 aromatic carbocycles. The van der Waals surface area contributed by atoms with Crippen LogP contribution >= 0.6 is 0 Å². The van der Waals surface area contributed by atoms with Crippen LogP contribution in [0.25, 0.3) is 11.0 Å². The number of fused-ring (bicyclic) bond motifs is 1. The molecule has 100 valence electrons. The number of nitrogens with zero attached hydrogens (tertiary/aromatic N) is 2. The number of para-hydroxylation sites is 2. The van der Waals surface area contributed by atoms with E-state index in [4.69, 9.17) is 5.73 Å². The van der Waals surface area contributed by atoms with Crippen molar-refractivity contribution in [3.8, 4) is 0 Å². The fourth-order valence-corrected chi connectivity index (χ4v) is 2.53. The van der Waals surface area contributed by atoms with Crippen LogP contribution in [0.15, 0.2) is 24.3 Å². The van der Waals surface area contributed by atoms with Crippen molar-refractivity contribution in [1.29, 1.82) is 0 Å². The summed E-state index contributed by atoms with van der Waals surface area (Å²) in [6.07, 6.45) is 2.52. The average Bonchev–Trinajstić information content (AvgIpc) is 3.07. The predicted octanol–water partition coefficient (Wildman–Crippen LogP) is 1.58. The molecule has 2 aromatic rings. The number of likely N-dealkylation sites (tertiary alicyclic amines) is 1. The number of aromatic amines is 1. The molecule has 0 spiro atoms. The van der Waals surface area contributed by atoms with Gasteiger partial charge in [0.2, 0.25) is 5.91 Å². The molecule has 0 saturated carbocycles. The molecule has 2 heterocycles. The van der Waals surface area contributed by atoms with Crippen molar-refractivity contribution in [2.75, 3.05) is 13.1 Å². The second kappa shape index (κ2) is 5.01. The van der Waals surface area contributed by atoms with Gasteiger partial charge >= 0.3 is 0 Å². The predicted molar refractivity (Wildman–Crippen MR) is 73.5 cm³/mol. The number of hydrogen-bond acceptors (Lipinski definition) is 3. The highest BCUT2D eigenvalue weighted by atomic mass is 16.2. The van der Waals surface area contributed by atoms with Gasteiger partial charge in [0.05, 0.1) is 17.1 Å². The van der Waals surface area contributed by atoms with Crippen molar-refractivity contribution in [2.24, 2.45) is 5.73 Å². The summed E-state index contributed by atoms with van der Waals surface area (Å²) in [5.41, 5.74) is 7.94. The van der Waals surface area contributed by atoms with Crippen LogP contribution in [0.5, 0.6) is 0 Å². The van der Waals surface area contributed by atoms with E-state index in [0.717, 1.165) is 37.0 Å². The van der Waals surface area contributed by atoms with Crippen LogP contribution in [0.2, 0.25) is 0 Å². The van der Waals surface area contributed by atoms with Gasteiger partial charge in [0.25, 0.3) is 0 Å². The van der Waals surface area contributed by atoms with Gasteiger partial charge in [-0.3, -0.25) is 4.79 Å². The molecular formula is C14H18N4O. The average molecular weight is 258 g/mol. The summed E-state index contributed by atoms with van der Waals surface area (Å²) in [6, 6.07) is 7.42. The van der Waals surface area contributed by atoms with Gasteiger partial charge in [-0.05, 0) is 25.0 Å². The quantitative estimate of drug-likeness (QED) is 0.877. The van der Waals surface area contributed by atoms with Crippen LogP contribution in [0, 0.1) is 0 Å². The second-order valence-electron chi connectivity index (χ2n) is 5.04. The van der Waals surface area contributed by atoms with Gasteiger partial charge in [-0.1, -0.05) is 12.1 Å². The highest BCUT2D eigenvalue weighted by molar-refractivity contribution is 5.78. The third kappa shape index (κ3) is 2.46. The van der Waals surface area contributed by atoms with E-state index in [-0.39, 0.29) is 11.9 Å². The molecule has 1 unspecified atom stereocenters. The van der Waals surface area contributed by atoms with E-state index in [2.05, 4.69) is 9.97 Å². The van der Waals surface area contributed by atoms with E-state index in [1.807, 2.05) is 29.2 Å². The molecule has 3 N–H and O–H groups in total. The summed E-state index contributed by atoms with van der Waals surface area (Å²) in [6.45, 7) is 1.73. The summed E-state index contributed by atoms with van der Waals surface area (Å²) in [7, 11) is 0. The summed E-state index contributed by atoms with van der Waals surface area (Å²) < 4.78 is 0. The fourth-order valence-electron chi connectivity index (χ4n) is 2.53. The molecule has 1 aromatic heterocycles. The first-order valence-corrected chi connectivity index (χ1v) is 6.72. The summed E-state index contributed by atoms with van der Waals surface area (Å²) in [5, 5.41) is 0. The third-order valence-corrected chi connectivity index (χ3v) is 3.61. The van der Waals surface area contributed by atoms with Gasteiger partial charge < -0.3 is 15.6 Å². The maximum atomic E-state index is 12.0. The first-order chi connectivity index (χ1) is 9.24. The van der Waals surface area contributed by atoms with Crippen LogP contribution in [-0.2, 0) is 4.79 Å². The molecule has 0 radical (unpaired) electrons. The molecular weight excluding hydrogens is 240 g/mol. The van der Waals surface area contributed by atoms with Crippen LogP contribution in [0.4, 0.5) is 0 Å². The molecule has 1 atom stereocenters. The van der Waals surface area contributed by atoms with E-state index in [1.54, 1.807) is 0 Å². The number of nitrogens with two attached hydrogens (primary N) is 1. The smallest absolute Gasteiger partial charge is 0.224 e. The number of amides is 1. The second-order valence-corrected chi connectivity index (χ2v) is 5.04. The Bertz CT molecular complexity index is 553. The van der Waals surface area contributed by atoms with Gasteiger partial charge in [-0.2, -0.15) is 0 Å². The Labute approximate surface area is 111 Å². The normalized spacial score (nSPS) is 17.0. The zero-order chi connectivity index (χ0) is 13.2. The van der Waals surface area contributed by atoms with Gasteiger partial charge in [0, 0.05) is 19.5 Å². The van der Waals surface area contributed by atoms with Crippen LogP contribution in [-0.4, -0.2) is 33.9 Å². The Morgan fingerprint density at radius 1 is 1.37 bits per heavy atom. The molecule has 0 bridgehead atoms. The van der Waals surface area contributed by atoms with Crippen molar-refractivity contribution in [3.63, 3.8) is 0 Å². The molecule has 5 nitrogen and oxygen atoms in total. The van der Waals surface area contributed by atoms with E-state index in [0.29, 0.717) is 12.2 Å². The number of carbonyl (C=O) groups is 1. The Balaban J connectivity index is 1.72. The molecule has 19 heavy (non-hydrogen) atoms. The third-order valence-electron chi connectivity index (χ3n) is 3.61. The summed E-state index contributed by atoms with van der Waals surface area (Å²) in [4.78, 5) is 21.6. The van der Waals surface area contributed by atoms with Gasteiger partial charge in [-0.25, -0.2) is 4.98 Å². The number of carbonyl (C=O) groups excluding carboxylic acids is 1. The van der Waals surface area contributed by atoms with Crippen molar-refractivity contribution >= 4 is 16.9 Å². The number of hydrogen-bond donors (Lipinski definition) is 2. The van der Waals surface area contributed by atoms with E-state index in [9.17, 15) is 4.79 Å². The fraction of sp³-hybridized carbons (Fsp3) is 0.429. The van der Waals surface area contributed by atoms with E-state index < -0.39 is 0 Å². The number of nitrogens with one attached hydrogen (secondary N) is 1. The summed E-state index contributed by atoms with van der Waals surface area (Å²) >= 11 is 0. The Hall–Kier alpha value is -1.88. The summed E-state index contributed by atoms with van der Waals surface area (Å²) in [5.74, 6) is 0.819. The number of aromatic nitrogens is 2. The molecule has 1 aliphatic rings. The SMILES string of the molecule is NC(CC(=O)N1CCCC1)c1nc2ccccc2[nH]1. The van der Waals surface area contributed by atoms with Crippen molar-refractivity contribution in [3.05, 3.63) is 30.1 Å². The minimum atomic E-state index is -0.361. The molecule has 3 rings (SSSR count). The minimum Gasteiger partial charge on any atom is -0.343 e. The topological polar surface area (TPSA) is 75.0 Å². The minimum absolute atomic E-state index is 0.130. The zero-order valence-corrected chi connectivity index (χ0v) is 10.8. The van der Waals surface area contributed by atoms with E-state index >= 15 is 0 Å². The first-order valence-electron chi connectivity index (χ1n) is 6.72. The highest BCUT2D eigenvalue weighted by Gasteiger charge is 2.22. The molecule has 5 heteroatoms. The van der Waals surface area contributed by atoms with Crippen LogP contribution in [0.1, 0.15) is 31.1 Å². The first kappa shape index (κ1) is 12.2. The monoisotopic (exact) mass is 258 g/mol. The van der Waals surface area contributed by atoms with Crippen LogP contribution < -0.4 is 5.73 Å². The molecule has 1 saturated heterocycles. The highest BCUT2D eigenvalue weighted by Crippen LogP contribution is 2.18. The number of imidazole rings is 1. The Kier molecular flexibility index (Phi) is 3.21. The largest absolute Gasteiger partial charge is 0.343 e. The van der Waals surface area contributed by atoms with Crippen molar-refractivity contribution < 1.29 is 4.79 Å². The Morgan fingerprint density at radius 2 is 2.11 bits per heavy atom. The number of benzene rings is 1. The lowest BCUT2D eigenvalue weighted by atomic mass is 10.2.